The van der Waals surface area contributed by atoms with Crippen LogP contribution in [0, 0.1) is 0 Å². The highest BCUT2D eigenvalue weighted by Crippen LogP contribution is 2.40. The average molecular weight is 297 g/mol. The number of fused-ring (bicyclic) bond motifs is 2. The number of ether oxygens (including phenoxy) is 3. The molecule has 2 saturated heterocycles. The maximum atomic E-state index is 6.01. The molecule has 0 spiro atoms. The van der Waals surface area contributed by atoms with Gasteiger partial charge in [-0.25, -0.2) is 15.0 Å². The third-order valence-corrected chi connectivity index (χ3v) is 3.80. The van der Waals surface area contributed by atoms with Crippen LogP contribution < -0.4 is 0 Å². The van der Waals surface area contributed by atoms with Crippen molar-refractivity contribution in [2.45, 2.75) is 38.1 Å². The van der Waals surface area contributed by atoms with Crippen molar-refractivity contribution in [3.8, 4) is 0 Å². The van der Waals surface area contributed by atoms with E-state index in [1.54, 1.807) is 6.33 Å². The number of imidazole rings is 1. The molecule has 2 fully saturated rings. The summed E-state index contributed by atoms with van der Waals surface area (Å²) in [5.74, 6) is -0.597. The zero-order valence-corrected chi connectivity index (χ0v) is 11.7. The van der Waals surface area contributed by atoms with Gasteiger partial charge in [0.2, 0.25) is 0 Å². The fourth-order valence-corrected chi connectivity index (χ4v) is 2.95. The zero-order chi connectivity index (χ0) is 13.9. The van der Waals surface area contributed by atoms with Crippen LogP contribution in [0.25, 0.3) is 11.2 Å². The fraction of sp³-hybridized carbons (Fsp3) is 0.583. The number of rotatable bonds is 1. The van der Waals surface area contributed by atoms with Crippen LogP contribution in [0.5, 0.6) is 0 Å². The summed E-state index contributed by atoms with van der Waals surface area (Å²) in [5, 5.41) is 0.326. The topological polar surface area (TPSA) is 71.3 Å². The largest absolute Gasteiger partial charge is 0.352 e. The van der Waals surface area contributed by atoms with E-state index in [1.807, 2.05) is 18.4 Å². The van der Waals surface area contributed by atoms with Crippen LogP contribution >= 0.6 is 11.6 Å². The molecule has 7 nitrogen and oxygen atoms in total. The molecule has 0 saturated carbocycles. The molecule has 2 aromatic heterocycles. The van der Waals surface area contributed by atoms with Gasteiger partial charge in [-0.1, -0.05) is 11.6 Å². The summed E-state index contributed by atoms with van der Waals surface area (Å²) >= 11 is 6.01. The minimum absolute atomic E-state index is 0.0789. The monoisotopic (exact) mass is 296 g/mol. The maximum absolute atomic E-state index is 6.01. The molecule has 0 amide bonds. The van der Waals surface area contributed by atoms with Crippen molar-refractivity contribution in [3.63, 3.8) is 0 Å². The minimum atomic E-state index is -0.597. The van der Waals surface area contributed by atoms with Gasteiger partial charge < -0.3 is 14.2 Å². The van der Waals surface area contributed by atoms with E-state index in [0.717, 1.165) is 0 Å². The lowest BCUT2D eigenvalue weighted by molar-refractivity contribution is -0.183. The summed E-state index contributed by atoms with van der Waals surface area (Å²) in [4.78, 5) is 12.4. The van der Waals surface area contributed by atoms with Crippen molar-refractivity contribution in [2.75, 3.05) is 6.61 Å². The molecule has 0 unspecified atom stereocenters. The molecule has 0 aromatic carbocycles. The van der Waals surface area contributed by atoms with Crippen molar-refractivity contribution in [1.29, 1.82) is 0 Å². The van der Waals surface area contributed by atoms with Crippen LogP contribution in [-0.2, 0) is 14.2 Å². The van der Waals surface area contributed by atoms with Gasteiger partial charge in [0.05, 0.1) is 12.9 Å². The van der Waals surface area contributed by atoms with Crippen molar-refractivity contribution >= 4 is 22.8 Å². The quantitative estimate of drug-likeness (QED) is 0.743. The Morgan fingerprint density at radius 2 is 2.15 bits per heavy atom. The second-order valence-electron chi connectivity index (χ2n) is 5.35. The summed E-state index contributed by atoms with van der Waals surface area (Å²) in [5.41, 5.74) is 1.18. The summed E-state index contributed by atoms with van der Waals surface area (Å²) in [6.07, 6.45) is 2.47. The molecule has 8 heteroatoms. The van der Waals surface area contributed by atoms with E-state index in [9.17, 15) is 0 Å². The zero-order valence-electron chi connectivity index (χ0n) is 11.0. The molecule has 2 aliphatic heterocycles. The van der Waals surface area contributed by atoms with Gasteiger partial charge in [0.15, 0.2) is 22.8 Å². The van der Waals surface area contributed by atoms with Crippen LogP contribution in [0.2, 0.25) is 5.15 Å². The van der Waals surface area contributed by atoms with E-state index in [1.165, 1.54) is 6.33 Å². The Labute approximate surface area is 119 Å². The van der Waals surface area contributed by atoms with Gasteiger partial charge >= 0.3 is 0 Å². The van der Waals surface area contributed by atoms with Gasteiger partial charge in [-0.05, 0) is 13.8 Å². The van der Waals surface area contributed by atoms with Gasteiger partial charge in [0.25, 0.3) is 0 Å². The van der Waals surface area contributed by atoms with Crippen molar-refractivity contribution in [2.24, 2.45) is 0 Å². The second-order valence-corrected chi connectivity index (χ2v) is 5.71. The highest BCUT2D eigenvalue weighted by Gasteiger charge is 2.51. The van der Waals surface area contributed by atoms with Crippen LogP contribution in [0.15, 0.2) is 12.7 Å². The van der Waals surface area contributed by atoms with E-state index in [0.29, 0.717) is 22.9 Å². The molecular formula is C12H13ClN4O3. The number of halogens is 1. The third kappa shape index (κ3) is 1.74. The Bertz CT molecular complexity index is 674. The lowest BCUT2D eigenvalue weighted by Crippen LogP contribution is -2.27. The Morgan fingerprint density at radius 3 is 3.00 bits per heavy atom. The lowest BCUT2D eigenvalue weighted by atomic mass is 10.2. The molecule has 0 N–H and O–H groups in total. The molecule has 20 heavy (non-hydrogen) atoms. The summed E-state index contributed by atoms with van der Waals surface area (Å²) in [6, 6.07) is 0. The standard InChI is InChI=1S/C12H13ClN4O3/c1-12(2)19-6-3-18-11(8(6)20-12)17-5-16-7-9(13)14-4-15-10(7)17/h4-6,8,11H,3H2,1-2H3/t6-,8-,11+/m0/s1. The first-order valence-corrected chi connectivity index (χ1v) is 6.73. The van der Waals surface area contributed by atoms with Gasteiger partial charge in [-0.15, -0.1) is 0 Å². The van der Waals surface area contributed by atoms with Crippen LogP contribution in [0.4, 0.5) is 0 Å². The van der Waals surface area contributed by atoms with E-state index in [-0.39, 0.29) is 18.4 Å². The molecular weight excluding hydrogens is 284 g/mol. The van der Waals surface area contributed by atoms with E-state index >= 15 is 0 Å². The van der Waals surface area contributed by atoms with Crippen molar-refractivity contribution < 1.29 is 14.2 Å². The number of hydrogen-bond donors (Lipinski definition) is 0. The SMILES string of the molecule is CC1(C)O[C@H]2[C@H](CO[C@H]2n2cnc3c(Cl)ncnc32)O1. The summed E-state index contributed by atoms with van der Waals surface area (Å²) in [6.45, 7) is 4.28. The van der Waals surface area contributed by atoms with Gasteiger partial charge in [0, 0.05) is 0 Å². The predicted octanol–water partition coefficient (Wildman–Crippen LogP) is 1.53. The summed E-state index contributed by atoms with van der Waals surface area (Å²) < 4.78 is 19.3. The number of nitrogens with zero attached hydrogens (tertiary/aromatic N) is 4. The molecule has 3 atom stereocenters. The van der Waals surface area contributed by atoms with E-state index < -0.39 is 5.79 Å². The molecule has 0 aliphatic carbocycles. The van der Waals surface area contributed by atoms with Crippen LogP contribution in [-0.4, -0.2) is 44.1 Å². The van der Waals surface area contributed by atoms with Crippen molar-refractivity contribution in [1.82, 2.24) is 19.5 Å². The first kappa shape index (κ1) is 12.5. The van der Waals surface area contributed by atoms with Gasteiger partial charge in [0.1, 0.15) is 24.1 Å². The van der Waals surface area contributed by atoms with E-state index in [2.05, 4.69) is 15.0 Å². The van der Waals surface area contributed by atoms with Crippen LogP contribution in [0.3, 0.4) is 0 Å². The smallest absolute Gasteiger partial charge is 0.167 e. The molecule has 4 rings (SSSR count). The molecule has 0 radical (unpaired) electrons. The third-order valence-electron chi connectivity index (χ3n) is 3.52. The first-order chi connectivity index (χ1) is 9.55. The normalized spacial score (nSPS) is 31.9. The molecule has 4 heterocycles. The van der Waals surface area contributed by atoms with Gasteiger partial charge in [-0.3, -0.25) is 4.57 Å². The van der Waals surface area contributed by atoms with Gasteiger partial charge in [-0.2, -0.15) is 0 Å². The highest BCUT2D eigenvalue weighted by molar-refractivity contribution is 6.33. The Kier molecular flexibility index (Phi) is 2.56. The highest BCUT2D eigenvalue weighted by atomic mass is 35.5. The molecule has 0 bridgehead atoms. The molecule has 2 aromatic rings. The Hall–Kier alpha value is -1.28. The average Bonchev–Trinajstić information content (AvgIpc) is 3.01. The number of hydrogen-bond acceptors (Lipinski definition) is 6. The maximum Gasteiger partial charge on any atom is 0.167 e. The lowest BCUT2D eigenvalue weighted by Gasteiger charge is -2.22. The fourth-order valence-electron chi connectivity index (χ4n) is 2.77. The Balaban J connectivity index is 1.75. The van der Waals surface area contributed by atoms with E-state index in [4.69, 9.17) is 25.8 Å². The molecule has 106 valence electrons. The summed E-state index contributed by atoms with van der Waals surface area (Å²) in [7, 11) is 0. The Morgan fingerprint density at radius 1 is 1.30 bits per heavy atom. The second kappa shape index (κ2) is 4.11. The minimum Gasteiger partial charge on any atom is -0.352 e. The number of aromatic nitrogens is 4. The van der Waals surface area contributed by atoms with Crippen LogP contribution in [0.1, 0.15) is 20.1 Å². The first-order valence-electron chi connectivity index (χ1n) is 6.35. The molecule has 2 aliphatic rings. The van der Waals surface area contributed by atoms with Crippen molar-refractivity contribution in [3.05, 3.63) is 17.8 Å². The predicted molar refractivity (Wildman–Crippen MR) is 69.1 cm³/mol.